The van der Waals surface area contributed by atoms with Crippen molar-refractivity contribution >= 4 is 18.7 Å². The fourth-order valence-electron chi connectivity index (χ4n) is 1.82. The van der Waals surface area contributed by atoms with Crippen molar-refractivity contribution < 1.29 is 22.7 Å². The number of rotatable bonds is 4. The van der Waals surface area contributed by atoms with E-state index in [-0.39, 0.29) is 11.4 Å². The summed E-state index contributed by atoms with van der Waals surface area (Å²) in [5.74, 6) is -1.10. The van der Waals surface area contributed by atoms with Gasteiger partial charge in [-0.05, 0) is 29.5 Å². The summed E-state index contributed by atoms with van der Waals surface area (Å²) in [5, 5.41) is 6.56. The van der Waals surface area contributed by atoms with Gasteiger partial charge in [-0.3, -0.25) is 4.79 Å². The molecule has 0 aliphatic heterocycles. The van der Waals surface area contributed by atoms with Gasteiger partial charge >= 0.3 is 6.18 Å². The molecule has 1 heterocycles. The van der Waals surface area contributed by atoms with E-state index in [1.165, 1.54) is 12.3 Å². The molecule has 1 aromatic heterocycles. The summed E-state index contributed by atoms with van der Waals surface area (Å²) in [4.78, 5) is 14.0. The maximum Gasteiger partial charge on any atom is 0.416 e. The van der Waals surface area contributed by atoms with Crippen LogP contribution in [-0.2, 0) is 12.8 Å². The number of alkyl halides is 3. The van der Waals surface area contributed by atoms with Crippen molar-refractivity contribution in [2.75, 3.05) is 0 Å². The first-order valence-corrected chi connectivity index (χ1v) is 6.39. The van der Waals surface area contributed by atoms with Gasteiger partial charge < -0.3 is 4.74 Å². The molecule has 0 aliphatic carbocycles. The van der Waals surface area contributed by atoms with Crippen molar-refractivity contribution in [1.82, 2.24) is 9.19 Å². The van der Waals surface area contributed by atoms with Gasteiger partial charge in [0.05, 0.1) is 5.56 Å². The minimum Gasteiger partial charge on any atom is -0.472 e. The van der Waals surface area contributed by atoms with Crippen molar-refractivity contribution in [2.24, 2.45) is 5.11 Å². The van der Waals surface area contributed by atoms with E-state index in [2.05, 4.69) is 27.9 Å². The molecule has 0 aliphatic rings. The zero-order valence-corrected chi connectivity index (χ0v) is 12.1. The molecular formula is C12H8F3N5O2S. The lowest BCUT2D eigenvalue weighted by Gasteiger charge is -2.15. The van der Waals surface area contributed by atoms with Crippen LogP contribution in [-0.4, -0.2) is 15.1 Å². The number of carbonyl (C=O) groups is 1. The third-order valence-electron chi connectivity index (χ3n) is 2.76. The maximum atomic E-state index is 13.1. The van der Waals surface area contributed by atoms with Gasteiger partial charge in [0.25, 0.3) is 0 Å². The molecule has 120 valence electrons. The monoisotopic (exact) mass is 343 g/mol. The van der Waals surface area contributed by atoms with Gasteiger partial charge in [0.2, 0.25) is 11.8 Å². The number of hydrogen-bond acceptors (Lipinski definition) is 4. The van der Waals surface area contributed by atoms with E-state index in [4.69, 9.17) is 10.3 Å². The molecule has 0 saturated heterocycles. The topological polar surface area (TPSA) is 92.9 Å². The van der Waals surface area contributed by atoms with Crippen molar-refractivity contribution in [3.63, 3.8) is 0 Å². The molecule has 0 atom stereocenters. The number of ether oxygens (including phenoxy) is 1. The standard InChI is InChI=1S/C12H8F3N5O2S/c13-12(14,15)9-3-1-2-7(11(21)17-19-16)8(9)6-22-10-4-5-20(23)18-10/h1-5,23H,6H2. The molecular weight excluding hydrogens is 335 g/mol. The Bertz CT molecular complexity index is 783. The second-order valence-corrected chi connectivity index (χ2v) is 4.60. The van der Waals surface area contributed by atoms with E-state index in [1.807, 2.05) is 0 Å². The Morgan fingerprint density at radius 1 is 1.43 bits per heavy atom. The zero-order valence-electron chi connectivity index (χ0n) is 11.2. The molecule has 23 heavy (non-hydrogen) atoms. The molecule has 7 nitrogen and oxygen atoms in total. The van der Waals surface area contributed by atoms with Crippen LogP contribution in [0.25, 0.3) is 10.4 Å². The van der Waals surface area contributed by atoms with Crippen molar-refractivity contribution in [3.8, 4) is 5.88 Å². The lowest BCUT2D eigenvalue weighted by atomic mass is 10.0. The van der Waals surface area contributed by atoms with Crippen molar-refractivity contribution in [3.05, 3.63) is 57.6 Å². The van der Waals surface area contributed by atoms with Crippen LogP contribution in [0.2, 0.25) is 0 Å². The van der Waals surface area contributed by atoms with Crippen LogP contribution in [0.5, 0.6) is 5.88 Å². The molecule has 11 heteroatoms. The summed E-state index contributed by atoms with van der Waals surface area (Å²) in [6, 6.07) is 4.37. The minimum atomic E-state index is -4.70. The smallest absolute Gasteiger partial charge is 0.416 e. The maximum absolute atomic E-state index is 13.1. The first-order chi connectivity index (χ1) is 10.8. The van der Waals surface area contributed by atoms with Crippen LogP contribution in [0.3, 0.4) is 0 Å². The Labute approximate surface area is 132 Å². The number of azide groups is 1. The lowest BCUT2D eigenvalue weighted by Crippen LogP contribution is -2.15. The Balaban J connectivity index is 2.43. The highest BCUT2D eigenvalue weighted by molar-refractivity contribution is 7.78. The Kier molecular flexibility index (Phi) is 4.82. The Morgan fingerprint density at radius 3 is 2.74 bits per heavy atom. The molecule has 0 spiro atoms. The number of hydrogen-bond donors (Lipinski definition) is 1. The highest BCUT2D eigenvalue weighted by atomic mass is 32.1. The molecule has 0 unspecified atom stereocenters. The molecule has 2 aromatic rings. The van der Waals surface area contributed by atoms with Gasteiger partial charge in [0.1, 0.15) is 6.61 Å². The van der Waals surface area contributed by atoms with Crippen molar-refractivity contribution in [1.29, 1.82) is 0 Å². The van der Waals surface area contributed by atoms with Crippen LogP contribution in [0.1, 0.15) is 21.5 Å². The van der Waals surface area contributed by atoms with E-state index in [0.717, 1.165) is 22.3 Å². The predicted octanol–water partition coefficient (Wildman–Crippen LogP) is 3.62. The van der Waals surface area contributed by atoms with Crippen LogP contribution in [0, 0.1) is 0 Å². The summed E-state index contributed by atoms with van der Waals surface area (Å²) < 4.78 is 45.6. The zero-order chi connectivity index (χ0) is 17.0. The molecule has 1 aromatic carbocycles. The molecule has 2 rings (SSSR count). The van der Waals surface area contributed by atoms with Crippen LogP contribution < -0.4 is 4.74 Å². The highest BCUT2D eigenvalue weighted by Crippen LogP contribution is 2.34. The molecule has 0 saturated carbocycles. The number of amides is 1. The molecule has 0 N–H and O–H groups in total. The SMILES string of the molecule is [N-]=[N+]=NC(=O)c1cccc(C(F)(F)F)c1COc1ccn(S)n1. The van der Waals surface area contributed by atoms with Gasteiger partial charge in [0.15, 0.2) is 0 Å². The summed E-state index contributed by atoms with van der Waals surface area (Å²) in [6.07, 6.45) is -3.28. The third kappa shape index (κ3) is 3.96. The largest absolute Gasteiger partial charge is 0.472 e. The van der Waals surface area contributed by atoms with Gasteiger partial charge in [0, 0.05) is 28.3 Å². The summed E-state index contributed by atoms with van der Waals surface area (Å²) in [7, 11) is 0. The van der Waals surface area contributed by atoms with Crippen molar-refractivity contribution in [2.45, 2.75) is 12.8 Å². The average molecular weight is 343 g/mol. The van der Waals surface area contributed by atoms with E-state index in [1.54, 1.807) is 0 Å². The van der Waals surface area contributed by atoms with E-state index in [9.17, 15) is 18.0 Å². The number of aromatic nitrogens is 2. The average Bonchev–Trinajstić information content (AvgIpc) is 2.89. The van der Waals surface area contributed by atoms with E-state index in [0.29, 0.717) is 0 Å². The van der Waals surface area contributed by atoms with E-state index < -0.39 is 29.8 Å². The number of halogens is 3. The quantitative estimate of drug-likeness (QED) is 0.398. The number of nitrogens with zero attached hydrogens (tertiary/aromatic N) is 5. The van der Waals surface area contributed by atoms with Gasteiger partial charge in [-0.25, -0.2) is 4.09 Å². The molecule has 0 fully saturated rings. The van der Waals surface area contributed by atoms with E-state index >= 15 is 0 Å². The second kappa shape index (κ2) is 6.63. The summed E-state index contributed by atoms with van der Waals surface area (Å²) >= 11 is 3.87. The molecule has 0 bridgehead atoms. The second-order valence-electron chi connectivity index (χ2n) is 4.19. The van der Waals surface area contributed by atoms with Gasteiger partial charge in [-0.2, -0.15) is 13.2 Å². The predicted molar refractivity (Wildman–Crippen MR) is 75.9 cm³/mol. The number of thiol groups is 1. The summed E-state index contributed by atoms with van der Waals surface area (Å²) in [6.45, 7) is -0.581. The Morgan fingerprint density at radius 2 is 2.17 bits per heavy atom. The normalized spacial score (nSPS) is 11.0. The lowest BCUT2D eigenvalue weighted by molar-refractivity contribution is -0.138. The Hall–Kier alpha value is -2.65. The fourth-order valence-corrected chi connectivity index (χ4v) is 1.98. The van der Waals surface area contributed by atoms with Gasteiger partial charge in [-0.15, -0.1) is 5.10 Å². The highest BCUT2D eigenvalue weighted by Gasteiger charge is 2.35. The summed E-state index contributed by atoms with van der Waals surface area (Å²) in [5.41, 5.74) is 6.41. The molecule has 0 radical (unpaired) electrons. The third-order valence-corrected chi connectivity index (χ3v) is 2.99. The number of carbonyl (C=O) groups excluding carboxylic acids is 1. The van der Waals surface area contributed by atoms with Gasteiger partial charge in [-0.1, -0.05) is 12.1 Å². The van der Waals surface area contributed by atoms with Crippen LogP contribution in [0.4, 0.5) is 13.2 Å². The number of benzene rings is 1. The molecule has 1 amide bonds. The first-order valence-electron chi connectivity index (χ1n) is 5.99. The minimum absolute atomic E-state index is 0.0270. The van der Waals surface area contributed by atoms with Crippen LogP contribution in [0.15, 0.2) is 35.6 Å². The first kappa shape index (κ1) is 16.7. The van der Waals surface area contributed by atoms with Crippen LogP contribution >= 0.6 is 12.8 Å². The fraction of sp³-hybridized carbons (Fsp3) is 0.167.